The van der Waals surface area contributed by atoms with Gasteiger partial charge in [0.1, 0.15) is 0 Å². The van der Waals surface area contributed by atoms with Gasteiger partial charge in [-0.1, -0.05) is 6.92 Å². The third-order valence-corrected chi connectivity index (χ3v) is 6.88. The Bertz CT molecular complexity index is 257. The Kier molecular flexibility index (Phi) is 13.0. The van der Waals surface area contributed by atoms with Crippen LogP contribution in [0, 0.1) is 0 Å². The first-order chi connectivity index (χ1) is 10.3. The van der Waals surface area contributed by atoms with Gasteiger partial charge in [-0.15, -0.1) is 0 Å². The molecule has 0 N–H and O–H groups in total. The molecule has 22 heavy (non-hydrogen) atoms. The van der Waals surface area contributed by atoms with E-state index in [1.165, 1.54) is 0 Å². The number of thiol groups is 1. The van der Waals surface area contributed by atoms with Crippen LogP contribution in [0.25, 0.3) is 0 Å². The molecular weight excluding hydrogens is 316 g/mol. The van der Waals surface area contributed by atoms with Crippen LogP contribution in [0.4, 0.5) is 0 Å². The SMILES string of the molecule is CCO[Si](CCC(S)CC)(OCCN(C)C)OCCN(C)C. The van der Waals surface area contributed by atoms with E-state index in [2.05, 4.69) is 29.4 Å². The Balaban J connectivity index is 4.67. The highest BCUT2D eigenvalue weighted by Crippen LogP contribution is 2.22. The van der Waals surface area contributed by atoms with Crippen molar-refractivity contribution in [1.82, 2.24) is 9.80 Å². The second-order valence-electron chi connectivity index (χ2n) is 6.02. The van der Waals surface area contributed by atoms with Crippen LogP contribution in [0.1, 0.15) is 26.7 Å². The molecular formula is C15H36N2O3SSi. The average Bonchev–Trinajstić information content (AvgIpc) is 2.44. The highest BCUT2D eigenvalue weighted by Gasteiger charge is 2.40. The minimum atomic E-state index is -2.61. The van der Waals surface area contributed by atoms with E-state index in [4.69, 9.17) is 13.3 Å². The lowest BCUT2D eigenvalue weighted by Gasteiger charge is -2.31. The minimum Gasteiger partial charge on any atom is -0.374 e. The van der Waals surface area contributed by atoms with Crippen LogP contribution in [0.3, 0.4) is 0 Å². The van der Waals surface area contributed by atoms with E-state index in [0.717, 1.165) is 32.0 Å². The van der Waals surface area contributed by atoms with Crippen molar-refractivity contribution >= 4 is 21.4 Å². The van der Waals surface area contributed by atoms with Gasteiger partial charge in [0, 0.05) is 31.0 Å². The van der Waals surface area contributed by atoms with Crippen molar-refractivity contribution in [3.05, 3.63) is 0 Å². The predicted octanol–water partition coefficient (Wildman–Crippen LogP) is 2.22. The van der Waals surface area contributed by atoms with Crippen molar-refractivity contribution in [2.75, 3.05) is 61.1 Å². The Hall–Kier alpha value is 0.367. The summed E-state index contributed by atoms with van der Waals surface area (Å²) < 4.78 is 18.3. The average molecular weight is 353 g/mol. The van der Waals surface area contributed by atoms with Gasteiger partial charge in [0.05, 0.1) is 13.2 Å². The van der Waals surface area contributed by atoms with E-state index in [1.807, 2.05) is 35.1 Å². The molecule has 0 heterocycles. The van der Waals surface area contributed by atoms with Crippen molar-refractivity contribution in [1.29, 1.82) is 0 Å². The molecule has 0 aromatic rings. The summed E-state index contributed by atoms with van der Waals surface area (Å²) in [6.07, 6.45) is 2.02. The largest absolute Gasteiger partial charge is 0.501 e. The van der Waals surface area contributed by atoms with E-state index in [0.29, 0.717) is 25.1 Å². The number of hydrogen-bond acceptors (Lipinski definition) is 6. The normalized spacial score (nSPS) is 14.0. The zero-order valence-electron chi connectivity index (χ0n) is 15.3. The van der Waals surface area contributed by atoms with Crippen molar-refractivity contribution in [2.45, 2.75) is 38.0 Å². The van der Waals surface area contributed by atoms with Gasteiger partial charge in [0.15, 0.2) is 0 Å². The molecule has 0 spiro atoms. The predicted molar refractivity (Wildman–Crippen MR) is 98.9 cm³/mol. The Morgan fingerprint density at radius 3 is 1.77 bits per heavy atom. The molecule has 0 aliphatic heterocycles. The van der Waals surface area contributed by atoms with Crippen LogP contribution in [0.15, 0.2) is 0 Å². The standard InChI is InChI=1S/C15H36N2O3SSi/c1-7-15(21)9-14-22(18-8-2,19-12-10-16(3)4)20-13-11-17(5)6/h15,21H,7-14H2,1-6H3. The highest BCUT2D eigenvalue weighted by atomic mass is 32.1. The van der Waals surface area contributed by atoms with E-state index >= 15 is 0 Å². The number of rotatable bonds is 14. The first kappa shape index (κ1) is 22.4. The lowest BCUT2D eigenvalue weighted by Crippen LogP contribution is -2.48. The number of likely N-dealkylation sites (N-methyl/N-ethyl adjacent to an activating group) is 2. The maximum Gasteiger partial charge on any atom is 0.501 e. The lowest BCUT2D eigenvalue weighted by molar-refractivity contribution is 0.0539. The Morgan fingerprint density at radius 1 is 0.909 bits per heavy atom. The van der Waals surface area contributed by atoms with Gasteiger partial charge in [-0.2, -0.15) is 12.6 Å². The summed E-state index contributed by atoms with van der Waals surface area (Å²) >= 11 is 4.60. The number of hydrogen-bond donors (Lipinski definition) is 1. The Morgan fingerprint density at radius 2 is 1.41 bits per heavy atom. The summed E-state index contributed by atoms with van der Waals surface area (Å²) in [5.41, 5.74) is 0. The van der Waals surface area contributed by atoms with Crippen LogP contribution in [0.5, 0.6) is 0 Å². The second kappa shape index (κ2) is 12.7. The molecule has 1 atom stereocenters. The monoisotopic (exact) mass is 352 g/mol. The fraction of sp³-hybridized carbons (Fsp3) is 1.00. The van der Waals surface area contributed by atoms with Crippen molar-refractivity contribution in [3.8, 4) is 0 Å². The lowest BCUT2D eigenvalue weighted by atomic mass is 10.3. The third-order valence-electron chi connectivity index (χ3n) is 3.34. The van der Waals surface area contributed by atoms with Gasteiger partial charge in [-0.05, 0) is 48.0 Å². The highest BCUT2D eigenvalue weighted by molar-refractivity contribution is 7.80. The molecule has 0 amide bonds. The van der Waals surface area contributed by atoms with E-state index in [1.54, 1.807) is 0 Å². The molecule has 0 aliphatic rings. The summed E-state index contributed by atoms with van der Waals surface area (Å²) in [4.78, 5) is 4.22. The van der Waals surface area contributed by atoms with Gasteiger partial charge in [0.25, 0.3) is 0 Å². The molecule has 134 valence electrons. The molecule has 0 rings (SSSR count). The molecule has 0 fully saturated rings. The van der Waals surface area contributed by atoms with E-state index in [-0.39, 0.29) is 0 Å². The van der Waals surface area contributed by atoms with Crippen molar-refractivity contribution < 1.29 is 13.3 Å². The molecule has 0 saturated heterocycles. The molecule has 7 heteroatoms. The van der Waals surface area contributed by atoms with Gasteiger partial charge in [-0.25, -0.2) is 0 Å². The maximum atomic E-state index is 6.16. The van der Waals surface area contributed by atoms with Crippen LogP contribution in [0.2, 0.25) is 6.04 Å². The fourth-order valence-corrected chi connectivity index (χ4v) is 4.88. The summed E-state index contributed by atoms with van der Waals surface area (Å²) in [5.74, 6) is 0. The van der Waals surface area contributed by atoms with Gasteiger partial charge in [0.2, 0.25) is 0 Å². The summed E-state index contributed by atoms with van der Waals surface area (Å²) in [6.45, 7) is 7.81. The molecule has 5 nitrogen and oxygen atoms in total. The molecule has 0 aromatic carbocycles. The van der Waals surface area contributed by atoms with Crippen molar-refractivity contribution in [2.24, 2.45) is 0 Å². The molecule has 0 radical (unpaired) electrons. The summed E-state index contributed by atoms with van der Waals surface area (Å²) in [6, 6.07) is 0.837. The van der Waals surface area contributed by atoms with E-state index in [9.17, 15) is 0 Å². The topological polar surface area (TPSA) is 34.2 Å². The molecule has 0 aliphatic carbocycles. The van der Waals surface area contributed by atoms with Crippen LogP contribution < -0.4 is 0 Å². The number of nitrogens with zero attached hydrogens (tertiary/aromatic N) is 2. The minimum absolute atomic E-state index is 0.377. The van der Waals surface area contributed by atoms with Gasteiger partial charge >= 0.3 is 8.80 Å². The maximum absolute atomic E-state index is 6.16. The van der Waals surface area contributed by atoms with E-state index < -0.39 is 8.80 Å². The molecule has 1 unspecified atom stereocenters. The zero-order chi connectivity index (χ0) is 17.0. The summed E-state index contributed by atoms with van der Waals surface area (Å²) in [7, 11) is 5.56. The van der Waals surface area contributed by atoms with Gasteiger partial charge in [-0.3, -0.25) is 0 Å². The zero-order valence-corrected chi connectivity index (χ0v) is 17.2. The van der Waals surface area contributed by atoms with Crippen LogP contribution >= 0.6 is 12.6 Å². The molecule has 0 bridgehead atoms. The van der Waals surface area contributed by atoms with Crippen molar-refractivity contribution in [3.63, 3.8) is 0 Å². The molecule has 0 saturated carbocycles. The van der Waals surface area contributed by atoms with Crippen LogP contribution in [-0.4, -0.2) is 85.0 Å². The quantitative estimate of drug-likeness (QED) is 0.383. The van der Waals surface area contributed by atoms with Gasteiger partial charge < -0.3 is 23.1 Å². The third kappa shape index (κ3) is 11.0. The smallest absolute Gasteiger partial charge is 0.374 e. The molecule has 0 aromatic heterocycles. The van der Waals surface area contributed by atoms with Crippen LogP contribution in [-0.2, 0) is 13.3 Å². The summed E-state index contributed by atoms with van der Waals surface area (Å²) in [5, 5.41) is 0.377. The Labute approximate surface area is 144 Å². The first-order valence-electron chi connectivity index (χ1n) is 8.24. The second-order valence-corrected chi connectivity index (χ2v) is 9.48. The first-order valence-corrected chi connectivity index (χ1v) is 10.7. The fourth-order valence-electron chi connectivity index (χ4n) is 1.88.